The Labute approximate surface area is 114 Å². The van der Waals surface area contributed by atoms with E-state index in [9.17, 15) is 5.11 Å². The van der Waals surface area contributed by atoms with Crippen molar-refractivity contribution in [1.82, 2.24) is 5.32 Å². The minimum absolute atomic E-state index is 0.235. The molecule has 0 spiro atoms. The van der Waals surface area contributed by atoms with Gasteiger partial charge in [-0.2, -0.15) is 0 Å². The highest BCUT2D eigenvalue weighted by Gasteiger charge is 2.23. The number of methoxy groups -OCH3 is 1. The summed E-state index contributed by atoms with van der Waals surface area (Å²) in [6.07, 6.45) is 1.66. The van der Waals surface area contributed by atoms with Crippen LogP contribution in [0.3, 0.4) is 0 Å². The van der Waals surface area contributed by atoms with E-state index in [2.05, 4.69) is 18.3 Å². The van der Waals surface area contributed by atoms with Gasteiger partial charge in [-0.1, -0.05) is 0 Å². The molecule has 0 radical (unpaired) electrons. The standard InChI is InChI=1S/C15H23NO3/c1-10(17)4-5-16-9-13-8-14(18-3)7-12-6-11(2)19-15(12)13/h7-8,10-11,16-17H,4-6,9H2,1-3H3. The second-order valence-corrected chi connectivity index (χ2v) is 5.22. The highest BCUT2D eigenvalue weighted by molar-refractivity contribution is 5.49. The summed E-state index contributed by atoms with van der Waals surface area (Å²) in [6.45, 7) is 5.41. The van der Waals surface area contributed by atoms with Crippen LogP contribution in [0.5, 0.6) is 11.5 Å². The van der Waals surface area contributed by atoms with Crippen molar-refractivity contribution in [2.45, 2.75) is 45.4 Å². The number of nitrogens with one attached hydrogen (secondary N) is 1. The topological polar surface area (TPSA) is 50.7 Å². The van der Waals surface area contributed by atoms with Crippen molar-refractivity contribution in [1.29, 1.82) is 0 Å². The normalized spacial score (nSPS) is 18.8. The van der Waals surface area contributed by atoms with Crippen LogP contribution in [-0.4, -0.2) is 31.0 Å². The van der Waals surface area contributed by atoms with E-state index in [0.717, 1.165) is 43.0 Å². The summed E-state index contributed by atoms with van der Waals surface area (Å²) < 4.78 is 11.2. The van der Waals surface area contributed by atoms with Crippen LogP contribution < -0.4 is 14.8 Å². The van der Waals surface area contributed by atoms with Gasteiger partial charge in [-0.3, -0.25) is 0 Å². The number of hydrogen-bond acceptors (Lipinski definition) is 4. The van der Waals surface area contributed by atoms with Crippen molar-refractivity contribution in [2.75, 3.05) is 13.7 Å². The van der Waals surface area contributed by atoms with Crippen LogP contribution in [0.1, 0.15) is 31.4 Å². The van der Waals surface area contributed by atoms with Gasteiger partial charge in [0.2, 0.25) is 0 Å². The Kier molecular flexibility index (Phi) is 4.66. The third kappa shape index (κ3) is 3.61. The van der Waals surface area contributed by atoms with Crippen LogP contribution >= 0.6 is 0 Å². The van der Waals surface area contributed by atoms with E-state index in [1.807, 2.05) is 6.07 Å². The molecule has 1 aromatic carbocycles. The second-order valence-electron chi connectivity index (χ2n) is 5.22. The maximum absolute atomic E-state index is 9.24. The molecular weight excluding hydrogens is 242 g/mol. The van der Waals surface area contributed by atoms with E-state index in [0.29, 0.717) is 0 Å². The van der Waals surface area contributed by atoms with Crippen LogP contribution in [0.2, 0.25) is 0 Å². The average molecular weight is 265 g/mol. The van der Waals surface area contributed by atoms with Gasteiger partial charge in [-0.15, -0.1) is 0 Å². The van der Waals surface area contributed by atoms with Crippen molar-refractivity contribution in [3.05, 3.63) is 23.3 Å². The number of aliphatic hydroxyl groups excluding tert-OH is 1. The van der Waals surface area contributed by atoms with E-state index in [1.54, 1.807) is 14.0 Å². The fourth-order valence-corrected chi connectivity index (χ4v) is 2.36. The number of hydrogen-bond donors (Lipinski definition) is 2. The lowest BCUT2D eigenvalue weighted by Gasteiger charge is -2.12. The lowest BCUT2D eigenvalue weighted by Crippen LogP contribution is -2.19. The molecule has 1 heterocycles. The van der Waals surface area contributed by atoms with E-state index < -0.39 is 0 Å². The molecule has 1 aliphatic heterocycles. The third-order valence-electron chi connectivity index (χ3n) is 3.33. The molecule has 0 bridgehead atoms. The van der Waals surface area contributed by atoms with Crippen molar-refractivity contribution in [2.24, 2.45) is 0 Å². The predicted molar refractivity (Wildman–Crippen MR) is 74.8 cm³/mol. The van der Waals surface area contributed by atoms with E-state index in [4.69, 9.17) is 9.47 Å². The number of rotatable bonds is 6. The molecule has 0 aromatic heterocycles. The lowest BCUT2D eigenvalue weighted by molar-refractivity contribution is 0.183. The van der Waals surface area contributed by atoms with Gasteiger partial charge >= 0.3 is 0 Å². The van der Waals surface area contributed by atoms with E-state index in [-0.39, 0.29) is 12.2 Å². The summed E-state index contributed by atoms with van der Waals surface area (Å²) in [5.41, 5.74) is 2.35. The fraction of sp³-hybridized carbons (Fsp3) is 0.600. The van der Waals surface area contributed by atoms with Crippen LogP contribution in [0, 0.1) is 0 Å². The molecule has 0 aliphatic carbocycles. The third-order valence-corrected chi connectivity index (χ3v) is 3.33. The molecule has 2 atom stereocenters. The SMILES string of the molecule is COc1cc(CNCCC(C)O)c2c(c1)CC(C)O2. The van der Waals surface area contributed by atoms with E-state index in [1.165, 1.54) is 5.56 Å². The smallest absolute Gasteiger partial charge is 0.127 e. The van der Waals surface area contributed by atoms with Crippen molar-refractivity contribution in [3.8, 4) is 11.5 Å². The predicted octanol–water partition coefficient (Wildman–Crippen LogP) is 1.88. The van der Waals surface area contributed by atoms with Crippen LogP contribution in [0.4, 0.5) is 0 Å². The van der Waals surface area contributed by atoms with Crippen molar-refractivity contribution >= 4 is 0 Å². The summed E-state index contributed by atoms with van der Waals surface area (Å²) in [5.74, 6) is 1.88. The summed E-state index contributed by atoms with van der Waals surface area (Å²) in [7, 11) is 1.69. The zero-order valence-electron chi connectivity index (χ0n) is 11.9. The Balaban J connectivity index is 2.05. The molecule has 0 saturated heterocycles. The first-order valence-electron chi connectivity index (χ1n) is 6.85. The van der Waals surface area contributed by atoms with Gasteiger partial charge in [-0.05, 0) is 38.9 Å². The van der Waals surface area contributed by atoms with Gasteiger partial charge in [0.25, 0.3) is 0 Å². The first-order chi connectivity index (χ1) is 9.10. The van der Waals surface area contributed by atoms with Gasteiger partial charge in [0.15, 0.2) is 0 Å². The molecule has 2 rings (SSSR count). The zero-order valence-corrected chi connectivity index (χ0v) is 11.9. The quantitative estimate of drug-likeness (QED) is 0.771. The average Bonchev–Trinajstić information content (AvgIpc) is 2.74. The molecule has 1 aromatic rings. The van der Waals surface area contributed by atoms with Gasteiger partial charge in [0.05, 0.1) is 13.2 Å². The molecule has 0 amide bonds. The summed E-state index contributed by atoms with van der Waals surface area (Å²) in [4.78, 5) is 0. The highest BCUT2D eigenvalue weighted by atomic mass is 16.5. The first kappa shape index (κ1) is 14.2. The lowest BCUT2D eigenvalue weighted by atomic mass is 10.1. The Morgan fingerprint density at radius 1 is 1.53 bits per heavy atom. The molecule has 0 saturated carbocycles. The Morgan fingerprint density at radius 3 is 3.00 bits per heavy atom. The molecule has 2 unspecified atom stereocenters. The number of ether oxygens (including phenoxy) is 2. The minimum Gasteiger partial charge on any atom is -0.497 e. The number of aliphatic hydroxyl groups is 1. The summed E-state index contributed by atoms with van der Waals surface area (Å²) in [6, 6.07) is 4.07. The molecule has 4 nitrogen and oxygen atoms in total. The molecule has 19 heavy (non-hydrogen) atoms. The molecule has 0 fully saturated rings. The second kappa shape index (κ2) is 6.26. The molecule has 2 N–H and O–H groups in total. The Morgan fingerprint density at radius 2 is 2.32 bits per heavy atom. The maximum atomic E-state index is 9.24. The zero-order chi connectivity index (χ0) is 13.8. The highest BCUT2D eigenvalue weighted by Crippen LogP contribution is 2.36. The monoisotopic (exact) mass is 265 g/mol. The number of benzene rings is 1. The number of fused-ring (bicyclic) bond motifs is 1. The van der Waals surface area contributed by atoms with Crippen molar-refractivity contribution in [3.63, 3.8) is 0 Å². The van der Waals surface area contributed by atoms with Crippen LogP contribution in [0.25, 0.3) is 0 Å². The van der Waals surface area contributed by atoms with Crippen molar-refractivity contribution < 1.29 is 14.6 Å². The first-order valence-corrected chi connectivity index (χ1v) is 6.85. The van der Waals surface area contributed by atoms with Gasteiger partial charge in [0.1, 0.15) is 17.6 Å². The molecule has 4 heteroatoms. The largest absolute Gasteiger partial charge is 0.497 e. The van der Waals surface area contributed by atoms with Gasteiger partial charge in [-0.25, -0.2) is 0 Å². The van der Waals surface area contributed by atoms with Gasteiger partial charge in [0, 0.05) is 24.1 Å². The Hall–Kier alpha value is -1.26. The maximum Gasteiger partial charge on any atom is 0.127 e. The summed E-state index contributed by atoms with van der Waals surface area (Å²) >= 11 is 0. The molecular formula is C15H23NO3. The Bertz CT molecular complexity index is 432. The van der Waals surface area contributed by atoms with Crippen LogP contribution in [0.15, 0.2) is 12.1 Å². The fourth-order valence-electron chi connectivity index (χ4n) is 2.36. The molecule has 106 valence electrons. The summed E-state index contributed by atoms with van der Waals surface area (Å²) in [5, 5.41) is 12.6. The minimum atomic E-state index is -0.264. The van der Waals surface area contributed by atoms with Crippen LogP contribution in [-0.2, 0) is 13.0 Å². The van der Waals surface area contributed by atoms with E-state index >= 15 is 0 Å². The van der Waals surface area contributed by atoms with Gasteiger partial charge < -0.3 is 19.9 Å². The molecule has 1 aliphatic rings.